The monoisotopic (exact) mass is 472 g/mol. The van der Waals surface area contributed by atoms with Crippen LogP contribution in [0.4, 0.5) is 5.69 Å². The zero-order chi connectivity index (χ0) is 24.2. The Morgan fingerprint density at radius 3 is 2.40 bits per heavy atom. The standard InChI is InChI=1S/C28H28N2O5/c1-33-27-17-22(9-12-25(27)34-16-15-29-18-23(31)19-29)30-14-13-26(28(30)32)35-24-10-7-21(8-11-24)20-5-3-2-4-6-20/h2-13,17,23,31H,14-16,18-19H2,1H3. The molecule has 0 saturated carbocycles. The highest BCUT2D eigenvalue weighted by Gasteiger charge is 2.28. The molecule has 180 valence electrons. The van der Waals surface area contributed by atoms with E-state index in [1.54, 1.807) is 24.2 Å². The summed E-state index contributed by atoms with van der Waals surface area (Å²) < 4.78 is 17.3. The molecule has 1 N–H and O–H groups in total. The molecule has 7 heteroatoms. The highest BCUT2D eigenvalue weighted by molar-refractivity contribution is 6.07. The average molecular weight is 473 g/mol. The van der Waals surface area contributed by atoms with Crippen LogP contribution >= 0.6 is 0 Å². The van der Waals surface area contributed by atoms with E-state index in [9.17, 15) is 9.90 Å². The van der Waals surface area contributed by atoms with Gasteiger partial charge in [-0.3, -0.25) is 9.69 Å². The van der Waals surface area contributed by atoms with E-state index < -0.39 is 0 Å². The fourth-order valence-electron chi connectivity index (χ4n) is 4.21. The third-order valence-corrected chi connectivity index (χ3v) is 6.17. The van der Waals surface area contributed by atoms with Gasteiger partial charge >= 0.3 is 0 Å². The smallest absolute Gasteiger partial charge is 0.294 e. The van der Waals surface area contributed by atoms with Crippen molar-refractivity contribution in [2.75, 3.05) is 44.8 Å². The van der Waals surface area contributed by atoms with Gasteiger partial charge in [-0.25, -0.2) is 0 Å². The first-order valence-electron chi connectivity index (χ1n) is 11.7. The van der Waals surface area contributed by atoms with Crippen LogP contribution in [-0.2, 0) is 4.79 Å². The SMILES string of the molecule is COc1cc(N2CC=C(Oc3ccc(-c4ccccc4)cc3)C2=O)ccc1OCCN1CC(O)C1. The molecule has 0 aromatic heterocycles. The molecule has 2 aliphatic heterocycles. The van der Waals surface area contributed by atoms with Gasteiger partial charge in [0.25, 0.3) is 5.91 Å². The molecule has 3 aromatic carbocycles. The molecule has 0 unspecified atom stereocenters. The van der Waals surface area contributed by atoms with E-state index in [2.05, 4.69) is 17.0 Å². The molecule has 2 aliphatic rings. The zero-order valence-electron chi connectivity index (χ0n) is 19.6. The molecule has 0 atom stereocenters. The molecule has 1 fully saturated rings. The number of carbonyl (C=O) groups is 1. The molecule has 0 radical (unpaired) electrons. The number of amides is 1. The minimum absolute atomic E-state index is 0.204. The number of aliphatic hydroxyl groups excluding tert-OH is 1. The minimum atomic E-state index is -0.224. The van der Waals surface area contributed by atoms with Crippen LogP contribution in [0.5, 0.6) is 17.2 Å². The Bertz CT molecular complexity index is 1200. The number of methoxy groups -OCH3 is 1. The predicted molar refractivity (Wildman–Crippen MR) is 134 cm³/mol. The number of likely N-dealkylation sites (tertiary alicyclic amines) is 1. The topological polar surface area (TPSA) is 71.5 Å². The van der Waals surface area contributed by atoms with Crippen molar-refractivity contribution in [3.8, 4) is 28.4 Å². The molecule has 0 aliphatic carbocycles. The fraction of sp³-hybridized carbons (Fsp3) is 0.250. The van der Waals surface area contributed by atoms with Crippen LogP contribution in [0.15, 0.2) is 84.6 Å². The lowest BCUT2D eigenvalue weighted by atomic mass is 10.1. The third kappa shape index (κ3) is 5.16. The van der Waals surface area contributed by atoms with E-state index in [0.717, 1.165) is 17.7 Å². The maximum Gasteiger partial charge on any atom is 0.294 e. The second-order valence-electron chi connectivity index (χ2n) is 8.57. The Labute approximate surface area is 204 Å². The summed E-state index contributed by atoms with van der Waals surface area (Å²) in [6.07, 6.45) is 1.56. The van der Waals surface area contributed by atoms with E-state index in [4.69, 9.17) is 14.2 Å². The minimum Gasteiger partial charge on any atom is -0.493 e. The number of hydrogen-bond acceptors (Lipinski definition) is 6. The Kier molecular flexibility index (Phi) is 6.70. The van der Waals surface area contributed by atoms with Crippen LogP contribution in [-0.4, -0.2) is 61.9 Å². The van der Waals surface area contributed by atoms with Crippen molar-refractivity contribution in [2.45, 2.75) is 6.10 Å². The first-order valence-corrected chi connectivity index (χ1v) is 11.7. The summed E-state index contributed by atoms with van der Waals surface area (Å²) in [7, 11) is 1.58. The van der Waals surface area contributed by atoms with E-state index in [1.165, 1.54) is 0 Å². The first-order chi connectivity index (χ1) is 17.1. The number of ether oxygens (including phenoxy) is 3. The van der Waals surface area contributed by atoms with Gasteiger partial charge in [-0.05, 0) is 41.5 Å². The molecular formula is C28H28N2O5. The van der Waals surface area contributed by atoms with Crippen LogP contribution in [0.2, 0.25) is 0 Å². The van der Waals surface area contributed by atoms with Crippen molar-refractivity contribution in [2.24, 2.45) is 0 Å². The summed E-state index contributed by atoms with van der Waals surface area (Å²) in [6, 6.07) is 23.3. The summed E-state index contributed by atoms with van der Waals surface area (Å²) in [4.78, 5) is 16.8. The first kappa shape index (κ1) is 23.0. The Hall–Kier alpha value is -3.81. The highest BCUT2D eigenvalue weighted by Crippen LogP contribution is 2.34. The van der Waals surface area contributed by atoms with Gasteiger partial charge < -0.3 is 24.2 Å². The number of aliphatic hydroxyl groups is 1. The van der Waals surface area contributed by atoms with Gasteiger partial charge in [-0.15, -0.1) is 0 Å². The lowest BCUT2D eigenvalue weighted by Crippen LogP contribution is -2.51. The van der Waals surface area contributed by atoms with E-state index in [1.807, 2.05) is 54.6 Å². The molecule has 1 saturated heterocycles. The molecule has 0 spiro atoms. The van der Waals surface area contributed by atoms with E-state index >= 15 is 0 Å². The van der Waals surface area contributed by atoms with Crippen LogP contribution in [0.25, 0.3) is 11.1 Å². The largest absolute Gasteiger partial charge is 0.493 e. The number of carbonyl (C=O) groups excluding carboxylic acids is 1. The van der Waals surface area contributed by atoms with Crippen LogP contribution < -0.4 is 19.1 Å². The molecular weight excluding hydrogens is 444 g/mol. The van der Waals surface area contributed by atoms with Gasteiger partial charge in [0.05, 0.1) is 13.2 Å². The van der Waals surface area contributed by atoms with Crippen molar-refractivity contribution in [1.29, 1.82) is 0 Å². The third-order valence-electron chi connectivity index (χ3n) is 6.17. The summed E-state index contributed by atoms with van der Waals surface area (Å²) in [5.41, 5.74) is 2.92. The number of nitrogens with zero attached hydrogens (tertiary/aromatic N) is 2. The fourth-order valence-corrected chi connectivity index (χ4v) is 4.21. The normalized spacial score (nSPS) is 16.1. The van der Waals surface area contributed by atoms with Crippen molar-refractivity contribution < 1.29 is 24.1 Å². The van der Waals surface area contributed by atoms with E-state index in [0.29, 0.717) is 54.9 Å². The van der Waals surface area contributed by atoms with Crippen molar-refractivity contribution in [1.82, 2.24) is 4.90 Å². The molecule has 1 amide bonds. The molecule has 5 rings (SSSR count). The van der Waals surface area contributed by atoms with Gasteiger partial charge in [-0.1, -0.05) is 42.5 Å². The summed E-state index contributed by atoms with van der Waals surface area (Å²) >= 11 is 0. The predicted octanol–water partition coefficient (Wildman–Crippen LogP) is 3.73. The van der Waals surface area contributed by atoms with Crippen molar-refractivity contribution in [3.05, 3.63) is 84.6 Å². The molecule has 0 bridgehead atoms. The van der Waals surface area contributed by atoms with Gasteiger partial charge in [-0.2, -0.15) is 0 Å². The molecule has 7 nitrogen and oxygen atoms in total. The lowest BCUT2D eigenvalue weighted by molar-refractivity contribution is -0.116. The lowest BCUT2D eigenvalue weighted by Gasteiger charge is -2.35. The van der Waals surface area contributed by atoms with Crippen molar-refractivity contribution >= 4 is 11.6 Å². The Morgan fingerprint density at radius 2 is 1.69 bits per heavy atom. The molecule has 3 aromatic rings. The van der Waals surface area contributed by atoms with Crippen molar-refractivity contribution in [3.63, 3.8) is 0 Å². The zero-order valence-corrected chi connectivity index (χ0v) is 19.6. The quantitative estimate of drug-likeness (QED) is 0.512. The number of hydrogen-bond donors (Lipinski definition) is 1. The highest BCUT2D eigenvalue weighted by atomic mass is 16.5. The number of rotatable bonds is 9. The summed E-state index contributed by atoms with van der Waals surface area (Å²) in [5.74, 6) is 1.89. The van der Waals surface area contributed by atoms with Gasteiger partial charge in [0.2, 0.25) is 0 Å². The molecule has 35 heavy (non-hydrogen) atoms. The average Bonchev–Trinajstić information content (AvgIpc) is 3.23. The number of β-amino-alcohol motifs (C(OH)–C–C–N with tert-alkyl or cyclic N) is 1. The van der Waals surface area contributed by atoms with Gasteiger partial charge in [0.15, 0.2) is 17.3 Å². The van der Waals surface area contributed by atoms with Crippen LogP contribution in [0.1, 0.15) is 0 Å². The van der Waals surface area contributed by atoms with Crippen LogP contribution in [0, 0.1) is 0 Å². The number of anilines is 1. The summed E-state index contributed by atoms with van der Waals surface area (Å²) in [5, 5.41) is 9.38. The second kappa shape index (κ2) is 10.2. The van der Waals surface area contributed by atoms with Crippen LogP contribution in [0.3, 0.4) is 0 Å². The maximum absolute atomic E-state index is 13.0. The Morgan fingerprint density at radius 1 is 0.943 bits per heavy atom. The van der Waals surface area contributed by atoms with E-state index in [-0.39, 0.29) is 12.0 Å². The number of benzene rings is 3. The van der Waals surface area contributed by atoms with Gasteiger partial charge in [0.1, 0.15) is 12.4 Å². The van der Waals surface area contributed by atoms with Gasteiger partial charge in [0, 0.05) is 37.9 Å². The molecule has 2 heterocycles. The maximum atomic E-state index is 13.0. The Balaban J connectivity index is 1.20. The summed E-state index contributed by atoms with van der Waals surface area (Å²) in [6.45, 7) is 3.02. The second-order valence-corrected chi connectivity index (χ2v) is 8.57.